The molecule has 32 heavy (non-hydrogen) atoms. The van der Waals surface area contributed by atoms with E-state index in [1.165, 1.54) is 16.8 Å². The zero-order chi connectivity index (χ0) is 23.3. The van der Waals surface area contributed by atoms with Crippen LogP contribution in [-0.4, -0.2) is 28.2 Å². The highest BCUT2D eigenvalue weighted by Gasteiger charge is 2.12. The Hall–Kier alpha value is -3.41. The number of anilines is 1. The average Bonchev–Trinajstić information content (AvgIpc) is 3.03. The van der Waals surface area contributed by atoms with E-state index in [1.54, 1.807) is 0 Å². The van der Waals surface area contributed by atoms with Crippen LogP contribution in [0, 0.1) is 34.6 Å². The molecule has 6 heteroatoms. The van der Waals surface area contributed by atoms with E-state index < -0.39 is 0 Å². The Morgan fingerprint density at radius 1 is 1.00 bits per heavy atom. The van der Waals surface area contributed by atoms with Crippen LogP contribution in [0.15, 0.2) is 47.5 Å². The molecule has 0 fully saturated rings. The van der Waals surface area contributed by atoms with Gasteiger partial charge in [-0.25, -0.2) is 0 Å². The number of benzene rings is 2. The monoisotopic (exact) mass is 431 g/mol. The van der Waals surface area contributed by atoms with Crippen LogP contribution in [0.4, 0.5) is 5.69 Å². The van der Waals surface area contributed by atoms with Gasteiger partial charge in [0, 0.05) is 30.0 Å². The number of guanidine groups is 1. The van der Waals surface area contributed by atoms with E-state index in [9.17, 15) is 4.79 Å². The van der Waals surface area contributed by atoms with Gasteiger partial charge in [0.1, 0.15) is 0 Å². The molecule has 0 aliphatic rings. The van der Waals surface area contributed by atoms with E-state index in [0.29, 0.717) is 18.1 Å². The number of amides is 1. The first-order valence-electron chi connectivity index (χ1n) is 11.1. The normalized spacial score (nSPS) is 11.5. The fourth-order valence-corrected chi connectivity index (χ4v) is 3.76. The molecule has 0 saturated heterocycles. The Kier molecular flexibility index (Phi) is 7.46. The standard InChI is InChI=1S/C26H33N5O/c1-7-31-21(6)23(20(5)30-31)14-15-27-26(28-24-13-10-18(3)16-19(24)4)29-25(32)22-11-8-17(2)9-12-22/h8-13,16H,7,14-15H2,1-6H3,(H2,27,28,29,32). The lowest BCUT2D eigenvalue weighted by atomic mass is 10.1. The van der Waals surface area contributed by atoms with Crippen LogP contribution in [-0.2, 0) is 13.0 Å². The fraction of sp³-hybridized carbons (Fsp3) is 0.346. The molecule has 0 atom stereocenters. The second-order valence-electron chi connectivity index (χ2n) is 8.21. The minimum absolute atomic E-state index is 0.188. The lowest BCUT2D eigenvalue weighted by molar-refractivity contribution is 0.0977. The second-order valence-corrected chi connectivity index (χ2v) is 8.21. The van der Waals surface area contributed by atoms with Crippen LogP contribution < -0.4 is 10.6 Å². The van der Waals surface area contributed by atoms with Crippen molar-refractivity contribution in [1.82, 2.24) is 15.1 Å². The van der Waals surface area contributed by atoms with E-state index in [-0.39, 0.29) is 5.91 Å². The summed E-state index contributed by atoms with van der Waals surface area (Å²) in [7, 11) is 0. The lowest BCUT2D eigenvalue weighted by Gasteiger charge is -2.14. The van der Waals surface area contributed by atoms with E-state index in [1.807, 2.05) is 61.9 Å². The summed E-state index contributed by atoms with van der Waals surface area (Å²) in [5.41, 5.74) is 8.34. The summed E-state index contributed by atoms with van der Waals surface area (Å²) in [6.07, 6.45) is 0.760. The van der Waals surface area contributed by atoms with Gasteiger partial charge in [-0.15, -0.1) is 0 Å². The molecule has 1 aromatic heterocycles. The molecule has 6 nitrogen and oxygen atoms in total. The van der Waals surface area contributed by atoms with Gasteiger partial charge in [-0.05, 0) is 77.3 Å². The maximum absolute atomic E-state index is 12.8. The zero-order valence-electron chi connectivity index (χ0n) is 19.9. The molecule has 2 N–H and O–H groups in total. The fourth-order valence-electron chi connectivity index (χ4n) is 3.76. The maximum Gasteiger partial charge on any atom is 0.257 e. The molecule has 0 radical (unpaired) electrons. The highest BCUT2D eigenvalue weighted by molar-refractivity contribution is 6.10. The minimum Gasteiger partial charge on any atom is -0.326 e. The SMILES string of the molecule is CCn1nc(C)c(CCN=C(NC(=O)c2ccc(C)cc2)Nc2ccc(C)cc2C)c1C. The highest BCUT2D eigenvalue weighted by Crippen LogP contribution is 2.17. The summed E-state index contributed by atoms with van der Waals surface area (Å²) in [6, 6.07) is 13.7. The van der Waals surface area contributed by atoms with E-state index in [0.717, 1.165) is 35.5 Å². The molecular formula is C26H33N5O. The van der Waals surface area contributed by atoms with Gasteiger partial charge in [-0.2, -0.15) is 5.10 Å². The first kappa shape index (κ1) is 23.3. The number of aliphatic imine (C=N–C) groups is 1. The number of rotatable bonds is 6. The van der Waals surface area contributed by atoms with Crippen molar-refractivity contribution >= 4 is 17.6 Å². The number of aryl methyl sites for hydroxylation is 5. The number of aromatic nitrogens is 2. The highest BCUT2D eigenvalue weighted by atomic mass is 16.1. The quantitative estimate of drug-likeness (QED) is 0.431. The minimum atomic E-state index is -0.188. The first-order chi connectivity index (χ1) is 15.3. The van der Waals surface area contributed by atoms with Gasteiger partial charge >= 0.3 is 0 Å². The van der Waals surface area contributed by atoms with Crippen molar-refractivity contribution in [1.29, 1.82) is 0 Å². The van der Waals surface area contributed by atoms with Gasteiger partial charge in [-0.1, -0.05) is 35.4 Å². The van der Waals surface area contributed by atoms with Gasteiger partial charge in [0.2, 0.25) is 5.96 Å². The summed E-state index contributed by atoms with van der Waals surface area (Å²) in [6.45, 7) is 13.7. The number of nitrogens with one attached hydrogen (secondary N) is 2. The summed E-state index contributed by atoms with van der Waals surface area (Å²) < 4.78 is 2.02. The Balaban J connectivity index is 1.81. The van der Waals surface area contributed by atoms with E-state index in [4.69, 9.17) is 4.99 Å². The van der Waals surface area contributed by atoms with Crippen molar-refractivity contribution in [2.24, 2.45) is 4.99 Å². The van der Waals surface area contributed by atoms with E-state index >= 15 is 0 Å². The average molecular weight is 432 g/mol. The van der Waals surface area contributed by atoms with Crippen molar-refractivity contribution in [3.8, 4) is 0 Å². The molecule has 1 amide bonds. The summed E-state index contributed by atoms with van der Waals surface area (Å²) >= 11 is 0. The summed E-state index contributed by atoms with van der Waals surface area (Å²) in [5, 5.41) is 10.9. The molecule has 168 valence electrons. The van der Waals surface area contributed by atoms with Gasteiger partial charge < -0.3 is 5.32 Å². The Morgan fingerprint density at radius 2 is 1.69 bits per heavy atom. The molecule has 2 aromatic carbocycles. The molecular weight excluding hydrogens is 398 g/mol. The van der Waals surface area contributed by atoms with Crippen molar-refractivity contribution in [3.63, 3.8) is 0 Å². The number of carbonyl (C=O) groups excluding carboxylic acids is 1. The number of hydrogen-bond acceptors (Lipinski definition) is 3. The Morgan fingerprint density at radius 3 is 2.31 bits per heavy atom. The number of carbonyl (C=O) groups is 1. The van der Waals surface area contributed by atoms with Gasteiger partial charge in [0.25, 0.3) is 5.91 Å². The van der Waals surface area contributed by atoms with E-state index in [2.05, 4.69) is 42.6 Å². The molecule has 3 aromatic rings. The molecule has 0 spiro atoms. The molecule has 0 saturated carbocycles. The zero-order valence-corrected chi connectivity index (χ0v) is 19.9. The van der Waals surface area contributed by atoms with Crippen molar-refractivity contribution < 1.29 is 4.79 Å². The molecule has 0 aliphatic heterocycles. The van der Waals surface area contributed by atoms with Gasteiger partial charge in [0.05, 0.1) is 5.69 Å². The predicted octanol–water partition coefficient (Wildman–Crippen LogP) is 4.89. The van der Waals surface area contributed by atoms with Crippen LogP contribution in [0.5, 0.6) is 0 Å². The molecule has 0 bridgehead atoms. The predicted molar refractivity (Wildman–Crippen MR) is 132 cm³/mol. The van der Waals surface area contributed by atoms with Crippen LogP contribution >= 0.6 is 0 Å². The molecule has 0 aliphatic carbocycles. The van der Waals surface area contributed by atoms with Crippen LogP contribution in [0.2, 0.25) is 0 Å². The lowest BCUT2D eigenvalue weighted by Crippen LogP contribution is -2.36. The first-order valence-corrected chi connectivity index (χ1v) is 11.1. The summed E-state index contributed by atoms with van der Waals surface area (Å²) in [5.74, 6) is 0.257. The summed E-state index contributed by atoms with van der Waals surface area (Å²) in [4.78, 5) is 17.5. The van der Waals surface area contributed by atoms with Gasteiger partial charge in [-0.3, -0.25) is 19.8 Å². The third-order valence-electron chi connectivity index (χ3n) is 5.64. The van der Waals surface area contributed by atoms with Crippen molar-refractivity contribution in [2.75, 3.05) is 11.9 Å². The number of hydrogen-bond donors (Lipinski definition) is 2. The largest absolute Gasteiger partial charge is 0.326 e. The van der Waals surface area contributed by atoms with Gasteiger partial charge in [0.15, 0.2) is 0 Å². The van der Waals surface area contributed by atoms with Crippen molar-refractivity contribution in [2.45, 2.75) is 54.5 Å². The molecule has 1 heterocycles. The van der Waals surface area contributed by atoms with Crippen LogP contribution in [0.1, 0.15) is 50.9 Å². The Labute approximate surface area is 190 Å². The second kappa shape index (κ2) is 10.3. The van der Waals surface area contributed by atoms with Crippen LogP contribution in [0.3, 0.4) is 0 Å². The number of nitrogens with zero attached hydrogens (tertiary/aromatic N) is 3. The smallest absolute Gasteiger partial charge is 0.257 e. The Bertz CT molecular complexity index is 1130. The topological polar surface area (TPSA) is 71.3 Å². The van der Waals surface area contributed by atoms with Crippen LogP contribution in [0.25, 0.3) is 0 Å². The third-order valence-corrected chi connectivity index (χ3v) is 5.64. The molecule has 0 unspecified atom stereocenters. The molecule has 3 rings (SSSR count). The maximum atomic E-state index is 12.8. The van der Waals surface area contributed by atoms with Crippen molar-refractivity contribution in [3.05, 3.63) is 81.7 Å². The third kappa shape index (κ3) is 5.63.